The van der Waals surface area contributed by atoms with E-state index >= 15 is 0 Å². The second-order valence-electron chi connectivity index (χ2n) is 5.49. The molecular formula is C16H23F2NO. The lowest BCUT2D eigenvalue weighted by atomic mass is 9.79. The fourth-order valence-electron chi connectivity index (χ4n) is 2.63. The molecule has 20 heavy (non-hydrogen) atoms. The summed E-state index contributed by atoms with van der Waals surface area (Å²) in [4.78, 5) is 0. The molecule has 0 aromatic heterocycles. The molecule has 0 spiro atoms. The van der Waals surface area contributed by atoms with Crippen molar-refractivity contribution in [3.8, 4) is 5.75 Å². The van der Waals surface area contributed by atoms with Gasteiger partial charge in [0.1, 0.15) is 5.75 Å². The lowest BCUT2D eigenvalue weighted by molar-refractivity contribution is -0.0499. The third-order valence-corrected chi connectivity index (χ3v) is 3.92. The number of halogens is 2. The molecule has 0 heterocycles. The van der Waals surface area contributed by atoms with E-state index in [-0.39, 0.29) is 11.8 Å². The Hall–Kier alpha value is -1.16. The second-order valence-corrected chi connectivity index (χ2v) is 5.49. The highest BCUT2D eigenvalue weighted by atomic mass is 19.3. The first-order valence-electron chi connectivity index (χ1n) is 7.47. The molecule has 1 atom stereocenters. The molecule has 2 rings (SSSR count). The second kappa shape index (κ2) is 7.58. The van der Waals surface area contributed by atoms with E-state index in [4.69, 9.17) is 0 Å². The molecule has 4 heteroatoms. The topological polar surface area (TPSA) is 21.3 Å². The van der Waals surface area contributed by atoms with Gasteiger partial charge in [-0.05, 0) is 43.0 Å². The number of rotatable bonds is 8. The molecule has 1 saturated carbocycles. The van der Waals surface area contributed by atoms with Gasteiger partial charge in [0.2, 0.25) is 0 Å². The minimum absolute atomic E-state index is 0.237. The SMILES string of the molecule is CCCNC(CC1CCC1)c1cccc(OC(F)F)c1. The number of nitrogens with one attached hydrogen (secondary N) is 1. The zero-order valence-corrected chi connectivity index (χ0v) is 11.9. The lowest BCUT2D eigenvalue weighted by Crippen LogP contribution is -2.26. The third-order valence-electron chi connectivity index (χ3n) is 3.92. The van der Waals surface area contributed by atoms with Gasteiger partial charge in [-0.3, -0.25) is 0 Å². The van der Waals surface area contributed by atoms with Gasteiger partial charge in [0.05, 0.1) is 0 Å². The summed E-state index contributed by atoms with van der Waals surface area (Å²) in [6.45, 7) is 0.306. The number of benzene rings is 1. The van der Waals surface area contributed by atoms with Crippen LogP contribution in [0.5, 0.6) is 5.75 Å². The number of hydrogen-bond donors (Lipinski definition) is 1. The third kappa shape index (κ3) is 4.44. The monoisotopic (exact) mass is 283 g/mol. The van der Waals surface area contributed by atoms with Crippen LogP contribution in [0.1, 0.15) is 50.6 Å². The smallest absolute Gasteiger partial charge is 0.387 e. The van der Waals surface area contributed by atoms with Crippen molar-refractivity contribution in [2.75, 3.05) is 6.54 Å². The average molecular weight is 283 g/mol. The van der Waals surface area contributed by atoms with E-state index in [1.165, 1.54) is 19.3 Å². The average Bonchev–Trinajstić information content (AvgIpc) is 2.36. The lowest BCUT2D eigenvalue weighted by Gasteiger charge is -2.30. The van der Waals surface area contributed by atoms with Crippen LogP contribution in [0, 0.1) is 5.92 Å². The summed E-state index contributed by atoms with van der Waals surface area (Å²) in [6, 6.07) is 7.33. The maximum Gasteiger partial charge on any atom is 0.387 e. The fraction of sp³-hybridized carbons (Fsp3) is 0.625. The summed E-state index contributed by atoms with van der Waals surface area (Å²) in [6.07, 6.45) is 6.04. The van der Waals surface area contributed by atoms with Crippen LogP contribution in [0.25, 0.3) is 0 Å². The van der Waals surface area contributed by atoms with Gasteiger partial charge in [-0.2, -0.15) is 8.78 Å². The first kappa shape index (κ1) is 15.2. The van der Waals surface area contributed by atoms with Crippen LogP contribution in [0.3, 0.4) is 0 Å². The van der Waals surface area contributed by atoms with Crippen LogP contribution < -0.4 is 10.1 Å². The molecule has 2 nitrogen and oxygen atoms in total. The van der Waals surface area contributed by atoms with Gasteiger partial charge in [0.15, 0.2) is 0 Å². The van der Waals surface area contributed by atoms with Crippen molar-refractivity contribution < 1.29 is 13.5 Å². The van der Waals surface area contributed by atoms with Crippen LogP contribution in [0.2, 0.25) is 0 Å². The van der Waals surface area contributed by atoms with Crippen molar-refractivity contribution >= 4 is 0 Å². The maximum atomic E-state index is 12.3. The highest BCUT2D eigenvalue weighted by Crippen LogP contribution is 2.35. The van der Waals surface area contributed by atoms with Gasteiger partial charge in [-0.25, -0.2) is 0 Å². The summed E-state index contributed by atoms with van der Waals surface area (Å²) in [5.41, 5.74) is 1.04. The van der Waals surface area contributed by atoms with E-state index in [2.05, 4.69) is 17.0 Å². The maximum absolute atomic E-state index is 12.3. The fourth-order valence-corrected chi connectivity index (χ4v) is 2.63. The molecule has 1 aliphatic rings. The molecule has 0 saturated heterocycles. The number of alkyl halides is 2. The largest absolute Gasteiger partial charge is 0.435 e. The number of hydrogen-bond acceptors (Lipinski definition) is 2. The van der Waals surface area contributed by atoms with E-state index in [0.29, 0.717) is 0 Å². The Bertz CT molecular complexity index is 407. The normalized spacial score (nSPS) is 17.0. The van der Waals surface area contributed by atoms with Crippen molar-refractivity contribution in [3.63, 3.8) is 0 Å². The molecule has 0 amide bonds. The van der Waals surface area contributed by atoms with Crippen LogP contribution in [-0.4, -0.2) is 13.2 Å². The van der Waals surface area contributed by atoms with Crippen molar-refractivity contribution in [1.82, 2.24) is 5.32 Å². The summed E-state index contributed by atoms with van der Waals surface area (Å²) in [5.74, 6) is 1.01. The Kier molecular flexibility index (Phi) is 5.77. The molecule has 1 aromatic carbocycles. The highest BCUT2D eigenvalue weighted by Gasteiger charge is 2.23. The van der Waals surface area contributed by atoms with Crippen molar-refractivity contribution in [2.45, 2.75) is 51.7 Å². The molecule has 0 aliphatic heterocycles. The Morgan fingerprint density at radius 2 is 2.15 bits per heavy atom. The minimum atomic E-state index is -2.76. The molecule has 1 aromatic rings. The molecule has 0 radical (unpaired) electrons. The highest BCUT2D eigenvalue weighted by molar-refractivity contribution is 5.30. The first-order chi connectivity index (χ1) is 9.69. The van der Waals surface area contributed by atoms with Gasteiger partial charge in [0.25, 0.3) is 0 Å². The quantitative estimate of drug-likeness (QED) is 0.757. The molecule has 1 N–H and O–H groups in total. The first-order valence-corrected chi connectivity index (χ1v) is 7.47. The Morgan fingerprint density at radius 1 is 1.35 bits per heavy atom. The van der Waals surface area contributed by atoms with E-state index in [0.717, 1.165) is 30.9 Å². The Morgan fingerprint density at radius 3 is 2.75 bits per heavy atom. The molecule has 1 aliphatic carbocycles. The van der Waals surface area contributed by atoms with E-state index in [9.17, 15) is 8.78 Å². The summed E-state index contributed by atoms with van der Waals surface area (Å²) in [7, 11) is 0. The zero-order chi connectivity index (χ0) is 14.4. The predicted octanol–water partition coefficient (Wildman–Crippen LogP) is 4.52. The minimum Gasteiger partial charge on any atom is -0.435 e. The van der Waals surface area contributed by atoms with E-state index in [1.54, 1.807) is 18.2 Å². The molecule has 0 bridgehead atoms. The Labute approximate surface area is 119 Å². The summed E-state index contributed by atoms with van der Waals surface area (Å²) in [5, 5.41) is 3.52. The Balaban J connectivity index is 2.05. The zero-order valence-electron chi connectivity index (χ0n) is 11.9. The van der Waals surface area contributed by atoms with Gasteiger partial charge in [0, 0.05) is 6.04 Å². The standard InChI is InChI=1S/C16H23F2NO/c1-2-9-19-15(10-12-5-3-6-12)13-7-4-8-14(11-13)20-16(17)18/h4,7-8,11-12,15-16,19H,2-3,5-6,9-10H2,1H3. The molecule has 1 unspecified atom stereocenters. The summed E-state index contributed by atoms with van der Waals surface area (Å²) >= 11 is 0. The van der Waals surface area contributed by atoms with Gasteiger partial charge >= 0.3 is 6.61 Å². The van der Waals surface area contributed by atoms with Crippen LogP contribution in [-0.2, 0) is 0 Å². The van der Waals surface area contributed by atoms with Crippen molar-refractivity contribution in [3.05, 3.63) is 29.8 Å². The predicted molar refractivity (Wildman–Crippen MR) is 76.1 cm³/mol. The number of ether oxygens (including phenoxy) is 1. The van der Waals surface area contributed by atoms with Crippen LogP contribution in [0.4, 0.5) is 8.78 Å². The summed E-state index contributed by atoms with van der Waals surface area (Å²) < 4.78 is 29.1. The van der Waals surface area contributed by atoms with Crippen molar-refractivity contribution in [1.29, 1.82) is 0 Å². The van der Waals surface area contributed by atoms with Crippen molar-refractivity contribution in [2.24, 2.45) is 5.92 Å². The van der Waals surface area contributed by atoms with Crippen LogP contribution >= 0.6 is 0 Å². The van der Waals surface area contributed by atoms with E-state index in [1.807, 2.05) is 6.07 Å². The van der Waals surface area contributed by atoms with Gasteiger partial charge < -0.3 is 10.1 Å². The molecular weight excluding hydrogens is 260 g/mol. The van der Waals surface area contributed by atoms with Gasteiger partial charge in [-0.15, -0.1) is 0 Å². The molecule has 1 fully saturated rings. The molecule has 112 valence electrons. The van der Waals surface area contributed by atoms with E-state index < -0.39 is 6.61 Å². The van der Waals surface area contributed by atoms with Gasteiger partial charge in [-0.1, -0.05) is 38.3 Å². The van der Waals surface area contributed by atoms with Crippen LogP contribution in [0.15, 0.2) is 24.3 Å².